The van der Waals surface area contributed by atoms with E-state index in [-0.39, 0.29) is 29.6 Å². The highest BCUT2D eigenvalue weighted by Crippen LogP contribution is 2.38. The van der Waals surface area contributed by atoms with E-state index in [0.29, 0.717) is 43.0 Å². The van der Waals surface area contributed by atoms with E-state index >= 15 is 4.39 Å². The van der Waals surface area contributed by atoms with Gasteiger partial charge in [-0.15, -0.1) is 0 Å². The van der Waals surface area contributed by atoms with E-state index in [1.165, 1.54) is 12.3 Å². The number of pyridine rings is 1. The minimum Gasteiger partial charge on any atom is -0.477 e. The zero-order valence-corrected chi connectivity index (χ0v) is 20.4. The highest BCUT2D eigenvalue weighted by atomic mass is 19.1. The average Bonchev–Trinajstić information content (AvgIpc) is 3.66. The summed E-state index contributed by atoms with van der Waals surface area (Å²) in [6.07, 6.45) is 3.17. The number of piperazine rings is 1. The smallest absolute Gasteiger partial charge is 0.341 e. The lowest BCUT2D eigenvalue weighted by Crippen LogP contribution is -2.46. The molecule has 0 bridgehead atoms. The summed E-state index contributed by atoms with van der Waals surface area (Å²) in [7, 11) is 0. The van der Waals surface area contributed by atoms with E-state index in [2.05, 4.69) is 4.90 Å². The molecule has 0 amide bonds. The van der Waals surface area contributed by atoms with Gasteiger partial charge in [0.15, 0.2) is 0 Å². The fourth-order valence-electron chi connectivity index (χ4n) is 5.28. The van der Waals surface area contributed by atoms with Gasteiger partial charge in [-0.3, -0.25) is 4.79 Å². The molecule has 3 heterocycles. The van der Waals surface area contributed by atoms with E-state index in [1.807, 2.05) is 36.1 Å². The Kier molecular flexibility index (Phi) is 5.51. The standard InChI is InChI=1S/C28H26FN3O5/c1-16-2-4-17(5-3-16)25-24(15-37-28(25)36)31-10-8-30(9-11-31)23-13-22-19(12-21(23)29)26(33)20(27(34)35)14-32(22)18-6-7-18/h2-5,12-14,18H,6-11,15H2,1H3,(H,34,35). The molecule has 2 aromatic carbocycles. The molecule has 0 radical (unpaired) electrons. The van der Waals surface area contributed by atoms with Crippen LogP contribution in [0.4, 0.5) is 10.1 Å². The molecule has 1 saturated carbocycles. The highest BCUT2D eigenvalue weighted by molar-refractivity contribution is 6.19. The molecule has 9 heteroatoms. The second-order valence-corrected chi connectivity index (χ2v) is 9.87. The SMILES string of the molecule is Cc1ccc(C2=C(N3CCN(c4cc5c(cc4F)c(=O)c(C(=O)O)cn5C4CC4)CC3)COC2=O)cc1. The molecule has 190 valence electrons. The number of esters is 1. The molecule has 2 fully saturated rings. The van der Waals surface area contributed by atoms with E-state index in [9.17, 15) is 19.5 Å². The van der Waals surface area contributed by atoms with Gasteiger partial charge in [-0.25, -0.2) is 14.0 Å². The summed E-state index contributed by atoms with van der Waals surface area (Å²) in [5.74, 6) is -2.20. The quantitative estimate of drug-likeness (QED) is 0.532. The molecule has 0 atom stereocenters. The van der Waals surface area contributed by atoms with E-state index in [4.69, 9.17) is 4.74 Å². The Bertz CT molecular complexity index is 1530. The van der Waals surface area contributed by atoms with Crippen molar-refractivity contribution in [2.24, 2.45) is 0 Å². The van der Waals surface area contributed by atoms with Crippen molar-refractivity contribution in [3.8, 4) is 0 Å². The van der Waals surface area contributed by atoms with Crippen molar-refractivity contribution in [3.05, 3.63) is 81.0 Å². The number of hydrogen-bond acceptors (Lipinski definition) is 6. The van der Waals surface area contributed by atoms with Crippen LogP contribution in [0.2, 0.25) is 0 Å². The molecule has 6 rings (SSSR count). The molecular formula is C28H26FN3O5. The number of carbonyl (C=O) groups excluding carboxylic acids is 1. The largest absolute Gasteiger partial charge is 0.477 e. The van der Waals surface area contributed by atoms with E-state index in [1.54, 1.807) is 10.6 Å². The van der Waals surface area contributed by atoms with Crippen molar-refractivity contribution in [3.63, 3.8) is 0 Å². The molecule has 1 aliphatic carbocycles. The van der Waals surface area contributed by atoms with Gasteiger partial charge in [0.25, 0.3) is 0 Å². The fourth-order valence-corrected chi connectivity index (χ4v) is 5.28. The molecule has 0 unspecified atom stereocenters. The fraction of sp³-hybridized carbons (Fsp3) is 0.321. The Morgan fingerprint density at radius 2 is 1.70 bits per heavy atom. The summed E-state index contributed by atoms with van der Waals surface area (Å²) < 4.78 is 22.5. The van der Waals surface area contributed by atoms with Crippen LogP contribution >= 0.6 is 0 Å². The number of carbonyl (C=O) groups is 2. The van der Waals surface area contributed by atoms with Crippen molar-refractivity contribution < 1.29 is 23.8 Å². The first kappa shape index (κ1) is 23.3. The summed E-state index contributed by atoms with van der Waals surface area (Å²) in [5, 5.41) is 9.54. The lowest BCUT2D eigenvalue weighted by Gasteiger charge is -2.38. The maximum atomic E-state index is 15.3. The van der Waals surface area contributed by atoms with Crippen LogP contribution in [0.25, 0.3) is 16.5 Å². The number of benzene rings is 2. The van der Waals surface area contributed by atoms with Crippen LogP contribution in [0.3, 0.4) is 0 Å². The van der Waals surface area contributed by atoms with Gasteiger partial charge in [-0.1, -0.05) is 29.8 Å². The van der Waals surface area contributed by atoms with Gasteiger partial charge < -0.3 is 24.2 Å². The van der Waals surface area contributed by atoms with Gasteiger partial charge in [-0.2, -0.15) is 0 Å². The van der Waals surface area contributed by atoms with E-state index < -0.39 is 17.2 Å². The monoisotopic (exact) mass is 503 g/mol. The van der Waals surface area contributed by atoms with Crippen molar-refractivity contribution in [2.75, 3.05) is 37.7 Å². The third kappa shape index (κ3) is 4.04. The maximum absolute atomic E-state index is 15.3. The molecule has 1 N–H and O–H groups in total. The number of anilines is 1. The topological polar surface area (TPSA) is 92.1 Å². The predicted molar refractivity (Wildman–Crippen MR) is 136 cm³/mol. The number of carboxylic acids is 1. The number of hydrogen-bond donors (Lipinski definition) is 1. The zero-order chi connectivity index (χ0) is 25.8. The Hall–Kier alpha value is -4.14. The molecule has 3 aromatic rings. The molecular weight excluding hydrogens is 477 g/mol. The molecule has 1 saturated heterocycles. The summed E-state index contributed by atoms with van der Waals surface area (Å²) in [4.78, 5) is 40.9. The predicted octanol–water partition coefficient (Wildman–Crippen LogP) is 3.57. The Balaban J connectivity index is 1.30. The summed E-state index contributed by atoms with van der Waals surface area (Å²) in [5.41, 5.74) is 3.28. The Morgan fingerprint density at radius 3 is 2.35 bits per heavy atom. The highest BCUT2D eigenvalue weighted by Gasteiger charge is 2.32. The average molecular weight is 504 g/mol. The number of cyclic esters (lactones) is 1. The van der Waals surface area contributed by atoms with Crippen LogP contribution in [0.1, 0.15) is 40.4 Å². The van der Waals surface area contributed by atoms with Crippen LogP contribution in [-0.2, 0) is 9.53 Å². The number of nitrogens with zero attached hydrogens (tertiary/aromatic N) is 3. The summed E-state index contributed by atoms with van der Waals surface area (Å²) >= 11 is 0. The number of fused-ring (bicyclic) bond motifs is 1. The first-order valence-electron chi connectivity index (χ1n) is 12.4. The molecule has 2 aliphatic heterocycles. The van der Waals surface area contributed by atoms with Crippen LogP contribution in [0.15, 0.2) is 53.1 Å². The molecule has 3 aliphatic rings. The van der Waals surface area contributed by atoms with Gasteiger partial charge in [0.1, 0.15) is 18.0 Å². The maximum Gasteiger partial charge on any atom is 0.341 e. The van der Waals surface area contributed by atoms with Gasteiger partial charge in [0, 0.05) is 43.8 Å². The van der Waals surface area contributed by atoms with Crippen molar-refractivity contribution >= 4 is 34.1 Å². The van der Waals surface area contributed by atoms with E-state index in [0.717, 1.165) is 29.7 Å². The third-order valence-electron chi connectivity index (χ3n) is 7.45. The number of ether oxygens (including phenoxy) is 1. The van der Waals surface area contributed by atoms with Crippen LogP contribution in [-0.4, -0.2) is 59.3 Å². The van der Waals surface area contributed by atoms with Crippen LogP contribution in [0, 0.1) is 12.7 Å². The first-order chi connectivity index (χ1) is 17.8. The van der Waals surface area contributed by atoms with Crippen LogP contribution in [0.5, 0.6) is 0 Å². The zero-order valence-electron chi connectivity index (χ0n) is 20.4. The number of aryl methyl sites for hydroxylation is 1. The molecule has 0 spiro atoms. The van der Waals surface area contributed by atoms with Crippen molar-refractivity contribution in [2.45, 2.75) is 25.8 Å². The summed E-state index contributed by atoms with van der Waals surface area (Å²) in [6, 6.07) is 10.7. The first-order valence-corrected chi connectivity index (χ1v) is 12.4. The van der Waals surface area contributed by atoms with Crippen LogP contribution < -0.4 is 10.3 Å². The molecule has 1 aromatic heterocycles. The molecule has 37 heavy (non-hydrogen) atoms. The number of rotatable bonds is 5. The third-order valence-corrected chi connectivity index (χ3v) is 7.45. The van der Waals surface area contributed by atoms with Gasteiger partial charge in [0.2, 0.25) is 5.43 Å². The lowest BCUT2D eigenvalue weighted by molar-refractivity contribution is -0.134. The Morgan fingerprint density at radius 1 is 1.03 bits per heavy atom. The van der Waals surface area contributed by atoms with Gasteiger partial charge in [0.05, 0.1) is 22.5 Å². The second-order valence-electron chi connectivity index (χ2n) is 9.87. The number of halogens is 1. The second kappa shape index (κ2) is 8.76. The van der Waals surface area contributed by atoms with Gasteiger partial charge in [-0.05, 0) is 37.5 Å². The minimum absolute atomic E-state index is 0.0844. The van der Waals surface area contributed by atoms with Crippen molar-refractivity contribution in [1.29, 1.82) is 0 Å². The number of aromatic carboxylic acids is 1. The Labute approximate surface area is 212 Å². The molecule has 8 nitrogen and oxygen atoms in total. The lowest BCUT2D eigenvalue weighted by atomic mass is 10.0. The number of carboxylic acid groups (broad SMARTS) is 1. The minimum atomic E-state index is -1.31. The summed E-state index contributed by atoms with van der Waals surface area (Å²) in [6.45, 7) is 4.39. The van der Waals surface area contributed by atoms with Crippen molar-refractivity contribution in [1.82, 2.24) is 9.47 Å². The van der Waals surface area contributed by atoms with Gasteiger partial charge >= 0.3 is 11.9 Å². The number of aromatic nitrogens is 1. The normalized spacial score (nSPS) is 18.1.